The molecule has 1 aliphatic heterocycles. The molecule has 1 unspecified atom stereocenters. The van der Waals surface area contributed by atoms with Gasteiger partial charge in [0.05, 0.1) is 7.11 Å². The quantitative estimate of drug-likeness (QED) is 0.610. The number of carbonyl (C=O) groups excluding carboxylic acids is 2. The standard InChI is InChI=1S/C26H36N4O3/c1-19-7-9-21(10-8-19)17-29(18-22-5-4-6-24(15-22)33-3)23-11-14-30(20(2)31)25(16-23)26(32)28-13-12-27/h4-10,15,23,25H,11-14,16-18,27H2,1-3H3,(H,28,32)/t23?,25-/m1/s1. The number of benzene rings is 2. The molecule has 2 aromatic carbocycles. The lowest BCUT2D eigenvalue weighted by atomic mass is 9.93. The summed E-state index contributed by atoms with van der Waals surface area (Å²) in [7, 11) is 1.67. The van der Waals surface area contributed by atoms with Crippen molar-refractivity contribution in [3.63, 3.8) is 0 Å². The van der Waals surface area contributed by atoms with Gasteiger partial charge in [0.1, 0.15) is 11.8 Å². The highest BCUT2D eigenvalue weighted by atomic mass is 16.5. The molecule has 0 bridgehead atoms. The second-order valence-corrected chi connectivity index (χ2v) is 8.73. The molecule has 1 aliphatic rings. The molecular weight excluding hydrogens is 416 g/mol. The third-order valence-electron chi connectivity index (χ3n) is 6.27. The van der Waals surface area contributed by atoms with E-state index in [2.05, 4.69) is 53.5 Å². The van der Waals surface area contributed by atoms with Crippen LogP contribution in [0.15, 0.2) is 48.5 Å². The van der Waals surface area contributed by atoms with Crippen LogP contribution in [0.5, 0.6) is 5.75 Å². The number of nitrogens with two attached hydrogens (primary N) is 1. The van der Waals surface area contributed by atoms with Gasteiger partial charge in [-0.1, -0.05) is 42.0 Å². The molecule has 178 valence electrons. The highest BCUT2D eigenvalue weighted by molar-refractivity contribution is 5.87. The lowest BCUT2D eigenvalue weighted by molar-refractivity contribution is -0.142. The van der Waals surface area contributed by atoms with E-state index in [1.807, 2.05) is 12.1 Å². The number of methoxy groups -OCH3 is 1. The van der Waals surface area contributed by atoms with Gasteiger partial charge in [0.25, 0.3) is 0 Å². The van der Waals surface area contributed by atoms with Gasteiger partial charge in [-0.2, -0.15) is 0 Å². The van der Waals surface area contributed by atoms with Crippen molar-refractivity contribution >= 4 is 11.8 Å². The van der Waals surface area contributed by atoms with Gasteiger partial charge in [-0.3, -0.25) is 14.5 Å². The number of rotatable bonds is 9. The molecule has 0 aromatic heterocycles. The van der Waals surface area contributed by atoms with E-state index in [0.29, 0.717) is 26.1 Å². The Morgan fingerprint density at radius 3 is 2.55 bits per heavy atom. The number of likely N-dealkylation sites (tertiary alicyclic amines) is 1. The van der Waals surface area contributed by atoms with Crippen LogP contribution in [-0.2, 0) is 22.7 Å². The molecule has 1 saturated heterocycles. The summed E-state index contributed by atoms with van der Waals surface area (Å²) in [6.07, 6.45) is 1.40. The Hall–Kier alpha value is -2.90. The van der Waals surface area contributed by atoms with Crippen LogP contribution in [0.1, 0.15) is 36.5 Å². The Morgan fingerprint density at radius 2 is 1.88 bits per heavy atom. The largest absolute Gasteiger partial charge is 0.497 e. The Balaban J connectivity index is 1.84. The summed E-state index contributed by atoms with van der Waals surface area (Å²) in [5.74, 6) is 0.629. The monoisotopic (exact) mass is 452 g/mol. The minimum atomic E-state index is -0.487. The predicted octanol–water partition coefficient (Wildman–Crippen LogP) is 2.46. The Bertz CT molecular complexity index is 931. The van der Waals surface area contributed by atoms with E-state index in [-0.39, 0.29) is 17.9 Å². The SMILES string of the molecule is COc1cccc(CN(Cc2ccc(C)cc2)C2CCN(C(C)=O)[C@@H](C(=O)NCCN)C2)c1. The number of carbonyl (C=O) groups is 2. The van der Waals surface area contributed by atoms with E-state index in [0.717, 1.165) is 30.8 Å². The van der Waals surface area contributed by atoms with Crippen LogP contribution in [0.4, 0.5) is 0 Å². The highest BCUT2D eigenvalue weighted by Crippen LogP contribution is 2.26. The average molecular weight is 453 g/mol. The zero-order chi connectivity index (χ0) is 23.8. The van der Waals surface area contributed by atoms with E-state index >= 15 is 0 Å². The molecule has 3 rings (SSSR count). The first-order chi connectivity index (χ1) is 15.9. The van der Waals surface area contributed by atoms with Gasteiger partial charge in [-0.05, 0) is 43.0 Å². The van der Waals surface area contributed by atoms with Crippen molar-refractivity contribution in [2.45, 2.75) is 51.9 Å². The Kier molecular flexibility index (Phi) is 8.86. The lowest BCUT2D eigenvalue weighted by Gasteiger charge is -2.42. The van der Waals surface area contributed by atoms with Crippen molar-refractivity contribution in [1.82, 2.24) is 15.1 Å². The van der Waals surface area contributed by atoms with E-state index in [1.165, 1.54) is 18.1 Å². The fraction of sp³-hybridized carbons (Fsp3) is 0.462. The van der Waals surface area contributed by atoms with Crippen LogP contribution in [0, 0.1) is 6.92 Å². The lowest BCUT2D eigenvalue weighted by Crippen LogP contribution is -2.57. The molecule has 1 heterocycles. The van der Waals surface area contributed by atoms with Crippen molar-refractivity contribution in [3.8, 4) is 5.75 Å². The van der Waals surface area contributed by atoms with E-state index in [9.17, 15) is 9.59 Å². The van der Waals surface area contributed by atoms with Crippen LogP contribution in [0.2, 0.25) is 0 Å². The summed E-state index contributed by atoms with van der Waals surface area (Å²) in [6, 6.07) is 16.3. The van der Waals surface area contributed by atoms with E-state index < -0.39 is 6.04 Å². The molecule has 2 aromatic rings. The summed E-state index contributed by atoms with van der Waals surface area (Å²) in [5.41, 5.74) is 9.17. The minimum Gasteiger partial charge on any atom is -0.497 e. The van der Waals surface area contributed by atoms with E-state index in [4.69, 9.17) is 10.5 Å². The summed E-state index contributed by atoms with van der Waals surface area (Å²) in [6.45, 7) is 6.44. The predicted molar refractivity (Wildman–Crippen MR) is 130 cm³/mol. The fourth-order valence-electron chi connectivity index (χ4n) is 4.46. The number of ether oxygens (including phenoxy) is 1. The maximum Gasteiger partial charge on any atom is 0.242 e. The van der Waals surface area contributed by atoms with Gasteiger partial charge in [0, 0.05) is 45.7 Å². The zero-order valence-corrected chi connectivity index (χ0v) is 19.9. The molecule has 7 heteroatoms. The number of nitrogens with one attached hydrogen (secondary N) is 1. The van der Waals surface area contributed by atoms with Crippen LogP contribution >= 0.6 is 0 Å². The molecule has 0 saturated carbocycles. The minimum absolute atomic E-state index is 0.0702. The Morgan fingerprint density at radius 1 is 1.15 bits per heavy atom. The smallest absolute Gasteiger partial charge is 0.242 e. The molecule has 3 N–H and O–H groups in total. The van der Waals surface area contributed by atoms with Gasteiger partial charge >= 0.3 is 0 Å². The maximum atomic E-state index is 12.9. The average Bonchev–Trinajstić information content (AvgIpc) is 2.83. The van der Waals surface area contributed by atoms with Gasteiger partial charge in [-0.15, -0.1) is 0 Å². The molecule has 7 nitrogen and oxygen atoms in total. The fourth-order valence-corrected chi connectivity index (χ4v) is 4.46. The summed E-state index contributed by atoms with van der Waals surface area (Å²) >= 11 is 0. The van der Waals surface area contributed by atoms with Crippen LogP contribution < -0.4 is 15.8 Å². The number of nitrogens with zero attached hydrogens (tertiary/aromatic N) is 2. The third kappa shape index (κ3) is 6.79. The van der Waals surface area contributed by atoms with Crippen molar-refractivity contribution in [3.05, 3.63) is 65.2 Å². The topological polar surface area (TPSA) is 87.9 Å². The van der Waals surface area contributed by atoms with Gasteiger partial charge in [-0.25, -0.2) is 0 Å². The second-order valence-electron chi connectivity index (χ2n) is 8.73. The van der Waals surface area contributed by atoms with Crippen molar-refractivity contribution in [2.75, 3.05) is 26.7 Å². The highest BCUT2D eigenvalue weighted by Gasteiger charge is 2.37. The van der Waals surface area contributed by atoms with Crippen molar-refractivity contribution in [2.24, 2.45) is 5.73 Å². The molecule has 0 radical (unpaired) electrons. The maximum absolute atomic E-state index is 12.9. The van der Waals surface area contributed by atoms with Crippen molar-refractivity contribution < 1.29 is 14.3 Å². The summed E-state index contributed by atoms with van der Waals surface area (Å²) in [5, 5.41) is 2.87. The molecule has 0 aliphatic carbocycles. The second kappa shape index (κ2) is 11.8. The van der Waals surface area contributed by atoms with Crippen LogP contribution in [0.25, 0.3) is 0 Å². The van der Waals surface area contributed by atoms with Crippen LogP contribution in [0.3, 0.4) is 0 Å². The first-order valence-electron chi connectivity index (χ1n) is 11.6. The van der Waals surface area contributed by atoms with Crippen LogP contribution in [-0.4, -0.2) is 60.4 Å². The first-order valence-corrected chi connectivity index (χ1v) is 11.6. The Labute approximate surface area is 196 Å². The zero-order valence-electron chi connectivity index (χ0n) is 19.9. The molecule has 2 atom stereocenters. The number of hydrogen-bond acceptors (Lipinski definition) is 5. The summed E-state index contributed by atoms with van der Waals surface area (Å²) < 4.78 is 5.41. The molecule has 1 fully saturated rings. The van der Waals surface area contributed by atoms with Crippen molar-refractivity contribution in [1.29, 1.82) is 0 Å². The number of piperidine rings is 1. The third-order valence-corrected chi connectivity index (χ3v) is 6.27. The molecule has 2 amide bonds. The van der Waals surface area contributed by atoms with Gasteiger partial charge < -0.3 is 20.7 Å². The number of aryl methyl sites for hydroxylation is 1. The summed E-state index contributed by atoms with van der Waals surface area (Å²) in [4.78, 5) is 29.2. The molecular formula is C26H36N4O3. The molecule has 33 heavy (non-hydrogen) atoms. The van der Waals surface area contributed by atoms with Gasteiger partial charge in [0.15, 0.2) is 0 Å². The normalized spacial score (nSPS) is 18.3. The number of amides is 2. The van der Waals surface area contributed by atoms with E-state index in [1.54, 1.807) is 12.0 Å². The molecule has 0 spiro atoms. The number of hydrogen-bond donors (Lipinski definition) is 2. The first kappa shape index (κ1) is 24.7. The van der Waals surface area contributed by atoms with Gasteiger partial charge in [0.2, 0.25) is 11.8 Å².